The summed E-state index contributed by atoms with van der Waals surface area (Å²) in [6.45, 7) is 11.8. The van der Waals surface area contributed by atoms with Crippen LogP contribution in [-0.2, 0) is 10.0 Å². The van der Waals surface area contributed by atoms with Gasteiger partial charge in [0.15, 0.2) is 0 Å². The Balaban J connectivity index is 2.13. The van der Waals surface area contributed by atoms with E-state index in [1.165, 1.54) is 11.1 Å². The third-order valence-electron chi connectivity index (χ3n) is 5.10. The molecule has 2 aromatic rings. The fourth-order valence-electron chi connectivity index (χ4n) is 4.04. The maximum Gasteiger partial charge on any atom is 0.262 e. The molecule has 0 radical (unpaired) electrons. The molecular formula is C23H27NO2S. The Kier molecular flexibility index (Phi) is 5.04. The van der Waals surface area contributed by atoms with E-state index in [0.717, 1.165) is 39.8 Å². The molecule has 0 heterocycles. The molecule has 1 aliphatic rings. The standard InChI is InChI=1S/C23H27NO2S/c1-14-7-10-20(22-16(3)8-9-17(22)4)21(13-14)24-27(25,26)23-18(5)11-15(2)12-19(23)6/h7-8,10-13,24H,9H2,1-6H3. The molecule has 1 aliphatic carbocycles. The fraction of sp³-hybridized carbons (Fsp3) is 0.304. The smallest absolute Gasteiger partial charge is 0.262 e. The Morgan fingerprint density at radius 2 is 1.48 bits per heavy atom. The van der Waals surface area contributed by atoms with Crippen molar-refractivity contribution in [3.05, 3.63) is 75.4 Å². The highest BCUT2D eigenvalue weighted by Crippen LogP contribution is 2.38. The second-order valence-electron chi connectivity index (χ2n) is 7.63. The van der Waals surface area contributed by atoms with Crippen LogP contribution in [0, 0.1) is 27.7 Å². The Morgan fingerprint density at radius 3 is 2.04 bits per heavy atom. The molecule has 2 aromatic carbocycles. The van der Waals surface area contributed by atoms with Gasteiger partial charge >= 0.3 is 0 Å². The van der Waals surface area contributed by atoms with Crippen LogP contribution < -0.4 is 4.72 Å². The summed E-state index contributed by atoms with van der Waals surface area (Å²) in [4.78, 5) is 0.366. The van der Waals surface area contributed by atoms with Crippen LogP contribution in [0.5, 0.6) is 0 Å². The summed E-state index contributed by atoms with van der Waals surface area (Å²) < 4.78 is 29.4. The van der Waals surface area contributed by atoms with Crippen LogP contribution in [0.15, 0.2) is 52.4 Å². The zero-order valence-electron chi connectivity index (χ0n) is 16.9. The van der Waals surface area contributed by atoms with Gasteiger partial charge in [-0.2, -0.15) is 0 Å². The lowest BCUT2D eigenvalue weighted by molar-refractivity contribution is 0.600. The molecule has 0 aromatic heterocycles. The van der Waals surface area contributed by atoms with Crippen LogP contribution in [0.4, 0.5) is 5.69 Å². The van der Waals surface area contributed by atoms with E-state index in [4.69, 9.17) is 0 Å². The number of benzene rings is 2. The van der Waals surface area contributed by atoms with Crippen molar-refractivity contribution in [3.63, 3.8) is 0 Å². The Morgan fingerprint density at radius 1 is 0.852 bits per heavy atom. The van der Waals surface area contributed by atoms with Gasteiger partial charge < -0.3 is 0 Å². The third-order valence-corrected chi connectivity index (χ3v) is 6.77. The van der Waals surface area contributed by atoms with Gasteiger partial charge in [0.05, 0.1) is 10.6 Å². The maximum absolute atomic E-state index is 13.3. The predicted octanol–water partition coefficient (Wildman–Crippen LogP) is 5.84. The first kappa shape index (κ1) is 19.4. The van der Waals surface area contributed by atoms with Gasteiger partial charge in [-0.1, -0.05) is 41.5 Å². The first-order valence-electron chi connectivity index (χ1n) is 9.18. The number of hydrogen-bond donors (Lipinski definition) is 1. The molecule has 142 valence electrons. The monoisotopic (exact) mass is 381 g/mol. The summed E-state index contributed by atoms with van der Waals surface area (Å²) in [6, 6.07) is 9.78. The molecule has 0 spiro atoms. The molecule has 3 nitrogen and oxygen atoms in total. The highest BCUT2D eigenvalue weighted by molar-refractivity contribution is 7.92. The average molecular weight is 382 g/mol. The summed E-state index contributed by atoms with van der Waals surface area (Å²) in [5.74, 6) is 0. The fourth-order valence-corrected chi connectivity index (χ4v) is 5.56. The molecule has 0 atom stereocenters. The minimum absolute atomic E-state index is 0.366. The van der Waals surface area contributed by atoms with Gasteiger partial charge in [0, 0.05) is 5.56 Å². The first-order chi connectivity index (χ1) is 12.6. The Bertz CT molecular complexity index is 1070. The van der Waals surface area contributed by atoms with Gasteiger partial charge in [-0.3, -0.25) is 4.72 Å². The van der Waals surface area contributed by atoms with Crippen LogP contribution in [-0.4, -0.2) is 8.42 Å². The van der Waals surface area contributed by atoms with E-state index in [1.54, 1.807) is 0 Å². The lowest BCUT2D eigenvalue weighted by atomic mass is 9.96. The molecule has 0 saturated carbocycles. The SMILES string of the molecule is CC1=CCC(C)=C1c1ccc(C)cc1NS(=O)(=O)c1c(C)cc(C)cc1C. The zero-order valence-corrected chi connectivity index (χ0v) is 17.7. The first-order valence-corrected chi connectivity index (χ1v) is 10.7. The average Bonchev–Trinajstić information content (AvgIpc) is 2.85. The van der Waals surface area contributed by atoms with Crippen LogP contribution in [0.3, 0.4) is 0 Å². The van der Waals surface area contributed by atoms with Gasteiger partial charge in [-0.15, -0.1) is 0 Å². The summed E-state index contributed by atoms with van der Waals surface area (Å²) in [5, 5.41) is 0. The molecule has 27 heavy (non-hydrogen) atoms. The molecule has 0 fully saturated rings. The second-order valence-corrected chi connectivity index (χ2v) is 9.25. The van der Waals surface area contributed by atoms with Crippen molar-refractivity contribution in [1.29, 1.82) is 0 Å². The molecule has 0 bridgehead atoms. The van der Waals surface area contributed by atoms with Crippen molar-refractivity contribution in [2.24, 2.45) is 0 Å². The lowest BCUT2D eigenvalue weighted by Crippen LogP contribution is -2.17. The number of sulfonamides is 1. The quantitative estimate of drug-likeness (QED) is 0.722. The summed E-state index contributed by atoms with van der Waals surface area (Å²) in [7, 11) is -3.69. The van der Waals surface area contributed by atoms with Crippen molar-refractivity contribution in [2.45, 2.75) is 52.9 Å². The Labute approximate surface area is 162 Å². The topological polar surface area (TPSA) is 46.2 Å². The summed E-state index contributed by atoms with van der Waals surface area (Å²) in [6.07, 6.45) is 3.11. The molecular weight excluding hydrogens is 354 g/mol. The minimum Gasteiger partial charge on any atom is -0.279 e. The number of nitrogens with one attached hydrogen (secondary N) is 1. The molecule has 0 saturated heterocycles. The van der Waals surface area contributed by atoms with E-state index in [-0.39, 0.29) is 0 Å². The molecule has 0 unspecified atom stereocenters. The Hall–Kier alpha value is -2.33. The van der Waals surface area contributed by atoms with E-state index >= 15 is 0 Å². The number of allylic oxidation sites excluding steroid dienone is 4. The van der Waals surface area contributed by atoms with Crippen molar-refractivity contribution >= 4 is 21.3 Å². The second kappa shape index (κ2) is 7.01. The van der Waals surface area contributed by atoms with Gasteiger partial charge in [0.2, 0.25) is 0 Å². The van der Waals surface area contributed by atoms with Crippen molar-refractivity contribution in [1.82, 2.24) is 0 Å². The molecule has 3 rings (SSSR count). The van der Waals surface area contributed by atoms with Crippen LogP contribution in [0.25, 0.3) is 5.57 Å². The number of aryl methyl sites for hydroxylation is 4. The van der Waals surface area contributed by atoms with E-state index in [2.05, 4.69) is 24.6 Å². The number of rotatable bonds is 4. The molecule has 0 aliphatic heterocycles. The van der Waals surface area contributed by atoms with Crippen molar-refractivity contribution < 1.29 is 8.42 Å². The van der Waals surface area contributed by atoms with Crippen molar-refractivity contribution in [2.75, 3.05) is 4.72 Å². The largest absolute Gasteiger partial charge is 0.279 e. The lowest BCUT2D eigenvalue weighted by Gasteiger charge is -2.18. The van der Waals surface area contributed by atoms with Gasteiger partial charge in [0.1, 0.15) is 0 Å². The van der Waals surface area contributed by atoms with Crippen LogP contribution in [0.1, 0.15) is 48.1 Å². The number of anilines is 1. The third kappa shape index (κ3) is 3.72. The predicted molar refractivity (Wildman–Crippen MR) is 114 cm³/mol. The molecule has 0 amide bonds. The van der Waals surface area contributed by atoms with Crippen LogP contribution >= 0.6 is 0 Å². The van der Waals surface area contributed by atoms with Crippen LogP contribution in [0.2, 0.25) is 0 Å². The molecule has 4 heteroatoms. The van der Waals surface area contributed by atoms with E-state index in [0.29, 0.717) is 10.6 Å². The maximum atomic E-state index is 13.3. The summed E-state index contributed by atoms with van der Waals surface area (Å²) in [5.41, 5.74) is 8.79. The molecule has 1 N–H and O–H groups in total. The van der Waals surface area contributed by atoms with E-state index in [9.17, 15) is 8.42 Å². The van der Waals surface area contributed by atoms with E-state index < -0.39 is 10.0 Å². The van der Waals surface area contributed by atoms with Crippen molar-refractivity contribution in [3.8, 4) is 0 Å². The normalized spacial score (nSPS) is 14.5. The summed E-state index contributed by atoms with van der Waals surface area (Å²) >= 11 is 0. The van der Waals surface area contributed by atoms with Gasteiger partial charge in [-0.25, -0.2) is 8.42 Å². The van der Waals surface area contributed by atoms with E-state index in [1.807, 2.05) is 58.0 Å². The highest BCUT2D eigenvalue weighted by Gasteiger charge is 2.23. The van der Waals surface area contributed by atoms with Gasteiger partial charge in [0.25, 0.3) is 10.0 Å². The van der Waals surface area contributed by atoms with Gasteiger partial charge in [-0.05, 0) is 81.9 Å². The number of hydrogen-bond acceptors (Lipinski definition) is 2. The minimum atomic E-state index is -3.69. The zero-order chi connectivity index (χ0) is 19.9. The highest BCUT2D eigenvalue weighted by atomic mass is 32.2.